The van der Waals surface area contributed by atoms with Gasteiger partial charge in [0.1, 0.15) is 11.3 Å². The Bertz CT molecular complexity index is 729. The molecule has 1 aliphatic rings. The van der Waals surface area contributed by atoms with Crippen LogP contribution in [0.4, 0.5) is 0 Å². The van der Waals surface area contributed by atoms with Crippen molar-refractivity contribution in [3.8, 4) is 0 Å². The van der Waals surface area contributed by atoms with Gasteiger partial charge < -0.3 is 14.8 Å². The van der Waals surface area contributed by atoms with Crippen LogP contribution in [0.2, 0.25) is 0 Å². The van der Waals surface area contributed by atoms with E-state index in [-0.39, 0.29) is 12.3 Å². The molecule has 1 amide bonds. The molecule has 1 fully saturated rings. The Morgan fingerprint density at radius 2 is 2.14 bits per heavy atom. The number of carboxylic acids is 1. The first-order chi connectivity index (χ1) is 10.5. The first kappa shape index (κ1) is 14.6. The number of amides is 1. The predicted octanol–water partition coefficient (Wildman–Crippen LogP) is 2.16. The van der Waals surface area contributed by atoms with Crippen LogP contribution in [-0.2, 0) is 4.79 Å². The third-order valence-corrected chi connectivity index (χ3v) is 4.28. The molecule has 0 unspecified atom stereocenters. The summed E-state index contributed by atoms with van der Waals surface area (Å²) in [6, 6.07) is 3.85. The highest BCUT2D eigenvalue weighted by molar-refractivity contribution is 5.93. The van der Waals surface area contributed by atoms with Gasteiger partial charge in [-0.15, -0.1) is 0 Å². The van der Waals surface area contributed by atoms with Gasteiger partial charge in [0.15, 0.2) is 0 Å². The average Bonchev–Trinajstić information content (AvgIpc) is 3.04. The van der Waals surface area contributed by atoms with E-state index in [1.807, 2.05) is 25.3 Å². The molecule has 116 valence electrons. The van der Waals surface area contributed by atoms with Crippen molar-refractivity contribution in [2.45, 2.75) is 44.6 Å². The van der Waals surface area contributed by atoms with E-state index in [1.54, 1.807) is 10.6 Å². The number of rotatable bonds is 4. The Hall–Kier alpha value is -2.37. The van der Waals surface area contributed by atoms with Crippen LogP contribution in [0.3, 0.4) is 0 Å². The number of aliphatic carboxylic acids is 1. The standard InChI is InChI=1S/C16H19N3O3/c1-11-4-7-19-10-12(17-13(19)8-11)15(22)18-16(9-14(20)21)5-2-3-6-16/h4,7-8,10H,2-3,5-6,9H2,1H3,(H,18,22)(H,20,21). The summed E-state index contributed by atoms with van der Waals surface area (Å²) < 4.78 is 1.79. The summed E-state index contributed by atoms with van der Waals surface area (Å²) in [5, 5.41) is 12.0. The summed E-state index contributed by atoms with van der Waals surface area (Å²) >= 11 is 0. The second kappa shape index (κ2) is 5.44. The third-order valence-electron chi connectivity index (χ3n) is 4.28. The van der Waals surface area contributed by atoms with Gasteiger partial charge in [-0.1, -0.05) is 12.8 Å². The predicted molar refractivity (Wildman–Crippen MR) is 80.8 cm³/mol. The van der Waals surface area contributed by atoms with Gasteiger partial charge >= 0.3 is 5.97 Å². The number of pyridine rings is 1. The van der Waals surface area contributed by atoms with E-state index in [0.29, 0.717) is 24.2 Å². The van der Waals surface area contributed by atoms with Gasteiger partial charge in [0.25, 0.3) is 5.91 Å². The van der Waals surface area contributed by atoms with E-state index in [9.17, 15) is 9.59 Å². The minimum absolute atomic E-state index is 0.0365. The maximum Gasteiger partial charge on any atom is 0.305 e. The maximum atomic E-state index is 12.5. The van der Waals surface area contributed by atoms with E-state index in [0.717, 1.165) is 18.4 Å². The van der Waals surface area contributed by atoms with Gasteiger partial charge in [-0.2, -0.15) is 0 Å². The zero-order chi connectivity index (χ0) is 15.7. The molecule has 22 heavy (non-hydrogen) atoms. The number of imidazole rings is 1. The quantitative estimate of drug-likeness (QED) is 0.906. The Labute approximate surface area is 128 Å². The SMILES string of the molecule is Cc1ccn2cc(C(=O)NC3(CC(=O)O)CCCC3)nc2c1. The van der Waals surface area contributed by atoms with Gasteiger partial charge in [0.2, 0.25) is 0 Å². The molecule has 0 aliphatic heterocycles. The largest absolute Gasteiger partial charge is 0.481 e. The number of hydrogen-bond donors (Lipinski definition) is 2. The molecule has 0 saturated heterocycles. The molecule has 2 N–H and O–H groups in total. The van der Waals surface area contributed by atoms with E-state index < -0.39 is 11.5 Å². The van der Waals surface area contributed by atoms with Gasteiger partial charge in [0.05, 0.1) is 12.0 Å². The van der Waals surface area contributed by atoms with Crippen molar-refractivity contribution in [1.82, 2.24) is 14.7 Å². The Balaban J connectivity index is 1.83. The lowest BCUT2D eigenvalue weighted by Gasteiger charge is -2.28. The molecule has 6 heteroatoms. The summed E-state index contributed by atoms with van der Waals surface area (Å²) in [6.07, 6.45) is 6.79. The fourth-order valence-electron chi connectivity index (χ4n) is 3.19. The van der Waals surface area contributed by atoms with E-state index in [4.69, 9.17) is 5.11 Å². The van der Waals surface area contributed by atoms with Crippen LogP contribution in [0.15, 0.2) is 24.5 Å². The van der Waals surface area contributed by atoms with Crippen molar-refractivity contribution < 1.29 is 14.7 Å². The highest BCUT2D eigenvalue weighted by atomic mass is 16.4. The number of fused-ring (bicyclic) bond motifs is 1. The molecule has 0 atom stereocenters. The lowest BCUT2D eigenvalue weighted by Crippen LogP contribution is -2.47. The molecule has 6 nitrogen and oxygen atoms in total. The lowest BCUT2D eigenvalue weighted by molar-refractivity contribution is -0.138. The fraction of sp³-hybridized carbons (Fsp3) is 0.438. The van der Waals surface area contributed by atoms with Crippen LogP contribution >= 0.6 is 0 Å². The van der Waals surface area contributed by atoms with Crippen LogP contribution in [0.5, 0.6) is 0 Å². The number of hydrogen-bond acceptors (Lipinski definition) is 3. The van der Waals surface area contributed by atoms with E-state index in [2.05, 4.69) is 10.3 Å². The molecule has 1 saturated carbocycles. The van der Waals surface area contributed by atoms with Crippen LogP contribution in [0.1, 0.15) is 48.2 Å². The third kappa shape index (κ3) is 2.81. The second-order valence-electron chi connectivity index (χ2n) is 6.11. The van der Waals surface area contributed by atoms with Crippen LogP contribution in [0, 0.1) is 6.92 Å². The van der Waals surface area contributed by atoms with Crippen molar-refractivity contribution in [2.24, 2.45) is 0 Å². The van der Waals surface area contributed by atoms with Gasteiger partial charge in [0, 0.05) is 12.4 Å². The zero-order valence-corrected chi connectivity index (χ0v) is 12.5. The summed E-state index contributed by atoms with van der Waals surface area (Å²) in [4.78, 5) is 27.9. The van der Waals surface area contributed by atoms with Crippen molar-refractivity contribution in [3.63, 3.8) is 0 Å². The zero-order valence-electron chi connectivity index (χ0n) is 12.5. The molecule has 2 aromatic heterocycles. The van der Waals surface area contributed by atoms with Crippen molar-refractivity contribution >= 4 is 17.5 Å². The number of carboxylic acid groups (broad SMARTS) is 1. The highest BCUT2D eigenvalue weighted by Gasteiger charge is 2.38. The minimum Gasteiger partial charge on any atom is -0.481 e. The summed E-state index contributed by atoms with van der Waals surface area (Å²) in [5.74, 6) is -1.18. The average molecular weight is 301 g/mol. The van der Waals surface area contributed by atoms with Crippen LogP contribution in [0.25, 0.3) is 5.65 Å². The number of nitrogens with one attached hydrogen (secondary N) is 1. The fourth-order valence-corrected chi connectivity index (χ4v) is 3.19. The Kier molecular flexibility index (Phi) is 3.60. The van der Waals surface area contributed by atoms with E-state index in [1.165, 1.54) is 0 Å². The molecule has 1 aliphatic carbocycles. The number of carbonyl (C=O) groups excluding carboxylic acids is 1. The minimum atomic E-state index is -0.882. The molecular weight excluding hydrogens is 282 g/mol. The molecule has 0 bridgehead atoms. The normalized spacial score (nSPS) is 16.8. The van der Waals surface area contributed by atoms with Gasteiger partial charge in [-0.3, -0.25) is 9.59 Å². The summed E-state index contributed by atoms with van der Waals surface area (Å²) in [7, 11) is 0. The highest BCUT2D eigenvalue weighted by Crippen LogP contribution is 2.32. The van der Waals surface area contributed by atoms with E-state index >= 15 is 0 Å². The van der Waals surface area contributed by atoms with Crippen LogP contribution in [-0.4, -0.2) is 31.9 Å². The first-order valence-electron chi connectivity index (χ1n) is 7.47. The number of nitrogens with zero attached hydrogens (tertiary/aromatic N) is 2. The Morgan fingerprint density at radius 3 is 2.82 bits per heavy atom. The number of carbonyl (C=O) groups is 2. The van der Waals surface area contributed by atoms with Crippen molar-refractivity contribution in [2.75, 3.05) is 0 Å². The molecule has 0 radical (unpaired) electrons. The molecule has 2 heterocycles. The molecular formula is C16H19N3O3. The van der Waals surface area contributed by atoms with Crippen LogP contribution < -0.4 is 5.32 Å². The molecule has 3 rings (SSSR count). The molecule has 0 spiro atoms. The maximum absolute atomic E-state index is 12.5. The summed E-state index contributed by atoms with van der Waals surface area (Å²) in [5.41, 5.74) is 1.48. The monoisotopic (exact) mass is 301 g/mol. The Morgan fingerprint density at radius 1 is 1.41 bits per heavy atom. The lowest BCUT2D eigenvalue weighted by atomic mass is 9.93. The number of aryl methyl sites for hydroxylation is 1. The second-order valence-corrected chi connectivity index (χ2v) is 6.11. The summed E-state index contributed by atoms with van der Waals surface area (Å²) in [6.45, 7) is 1.97. The number of aromatic nitrogens is 2. The van der Waals surface area contributed by atoms with Crippen molar-refractivity contribution in [1.29, 1.82) is 0 Å². The smallest absolute Gasteiger partial charge is 0.305 e. The molecule has 2 aromatic rings. The van der Waals surface area contributed by atoms with Gasteiger partial charge in [-0.05, 0) is 37.5 Å². The topological polar surface area (TPSA) is 83.7 Å². The molecule has 0 aromatic carbocycles. The van der Waals surface area contributed by atoms with Crippen molar-refractivity contribution in [3.05, 3.63) is 35.8 Å². The first-order valence-corrected chi connectivity index (χ1v) is 7.47. The van der Waals surface area contributed by atoms with Gasteiger partial charge in [-0.25, -0.2) is 4.98 Å².